The zero-order chi connectivity index (χ0) is 14.4. The van der Waals surface area contributed by atoms with Gasteiger partial charge in [-0.25, -0.2) is 0 Å². The Morgan fingerprint density at radius 3 is 2.65 bits per heavy atom. The average Bonchev–Trinajstić information content (AvgIpc) is 2.48. The summed E-state index contributed by atoms with van der Waals surface area (Å²) in [7, 11) is 1.46. The van der Waals surface area contributed by atoms with Crippen molar-refractivity contribution in [2.24, 2.45) is 5.10 Å². The topological polar surface area (TPSA) is 76.8 Å². The maximum Gasteiger partial charge on any atom is 0.273 e. The number of ether oxygens (including phenoxy) is 1. The van der Waals surface area contributed by atoms with Crippen LogP contribution < -0.4 is 10.2 Å². The minimum Gasteiger partial charge on any atom is -0.496 e. The van der Waals surface area contributed by atoms with E-state index in [0.29, 0.717) is 11.3 Å². The third-order valence-corrected chi connectivity index (χ3v) is 2.60. The van der Waals surface area contributed by atoms with Gasteiger partial charge in [-0.2, -0.15) is 5.10 Å². The first-order valence-corrected chi connectivity index (χ1v) is 5.87. The molecule has 0 saturated heterocycles. The number of nitrogens with one attached hydrogen (secondary N) is 1. The van der Waals surface area contributed by atoms with Gasteiger partial charge in [-0.1, -0.05) is 18.2 Å². The fourth-order valence-electron chi connectivity index (χ4n) is 1.61. The predicted molar refractivity (Wildman–Crippen MR) is 77.3 cm³/mol. The highest BCUT2D eigenvalue weighted by molar-refractivity contribution is 5.84. The molecule has 0 aliphatic carbocycles. The predicted octanol–water partition coefficient (Wildman–Crippen LogP) is 3.05. The highest BCUT2D eigenvalue weighted by Crippen LogP contribution is 2.23. The van der Waals surface area contributed by atoms with Crippen LogP contribution in [0.5, 0.6) is 5.75 Å². The van der Waals surface area contributed by atoms with Crippen molar-refractivity contribution < 1.29 is 9.66 Å². The van der Waals surface area contributed by atoms with E-state index in [9.17, 15) is 10.1 Å². The molecule has 20 heavy (non-hydrogen) atoms. The van der Waals surface area contributed by atoms with Gasteiger partial charge in [0, 0.05) is 11.6 Å². The van der Waals surface area contributed by atoms with Crippen LogP contribution >= 0.6 is 0 Å². The van der Waals surface area contributed by atoms with Crippen molar-refractivity contribution in [3.63, 3.8) is 0 Å². The molecule has 0 radical (unpaired) electrons. The molecule has 0 saturated carbocycles. The van der Waals surface area contributed by atoms with Crippen LogP contribution in [0.4, 0.5) is 11.4 Å². The molecule has 1 N–H and O–H groups in total. The van der Waals surface area contributed by atoms with E-state index in [4.69, 9.17) is 4.74 Å². The Hall–Kier alpha value is -2.89. The third kappa shape index (κ3) is 3.32. The zero-order valence-electron chi connectivity index (χ0n) is 10.8. The molecular formula is C14H13N3O3. The van der Waals surface area contributed by atoms with Gasteiger partial charge in [-0.05, 0) is 18.2 Å². The summed E-state index contributed by atoms with van der Waals surface area (Å²) in [6.07, 6.45) is 1.55. The van der Waals surface area contributed by atoms with Crippen LogP contribution in [0.25, 0.3) is 0 Å². The number of methoxy groups -OCH3 is 1. The lowest BCUT2D eigenvalue weighted by Gasteiger charge is -2.04. The van der Waals surface area contributed by atoms with Crippen molar-refractivity contribution >= 4 is 17.6 Å². The number of para-hydroxylation sites is 1. The molecular weight excluding hydrogens is 258 g/mol. The Labute approximate surface area is 115 Å². The van der Waals surface area contributed by atoms with Gasteiger partial charge in [0.05, 0.1) is 30.0 Å². The molecule has 0 fully saturated rings. The number of benzene rings is 2. The van der Waals surface area contributed by atoms with Crippen LogP contribution in [-0.2, 0) is 0 Å². The summed E-state index contributed by atoms with van der Waals surface area (Å²) in [4.78, 5) is 10.2. The monoisotopic (exact) mass is 271 g/mol. The number of hydrogen-bond donors (Lipinski definition) is 1. The fourth-order valence-corrected chi connectivity index (χ4v) is 1.61. The lowest BCUT2D eigenvalue weighted by Crippen LogP contribution is -1.96. The number of non-ortho nitro benzene ring substituents is 1. The van der Waals surface area contributed by atoms with Crippen molar-refractivity contribution in [1.29, 1.82) is 0 Å². The summed E-state index contributed by atoms with van der Waals surface area (Å²) in [5.41, 5.74) is 4.35. The van der Waals surface area contributed by atoms with Crippen LogP contribution in [0.2, 0.25) is 0 Å². The fraction of sp³-hybridized carbons (Fsp3) is 0.0714. The van der Waals surface area contributed by atoms with Gasteiger partial charge in [0.25, 0.3) is 5.69 Å². The van der Waals surface area contributed by atoms with E-state index in [1.165, 1.54) is 19.2 Å². The van der Waals surface area contributed by atoms with Crippen molar-refractivity contribution in [1.82, 2.24) is 0 Å². The van der Waals surface area contributed by atoms with Gasteiger partial charge in [0.1, 0.15) is 5.75 Å². The largest absolute Gasteiger partial charge is 0.496 e. The maximum absolute atomic E-state index is 10.7. The van der Waals surface area contributed by atoms with Gasteiger partial charge >= 0.3 is 0 Å². The van der Waals surface area contributed by atoms with Crippen molar-refractivity contribution in [2.45, 2.75) is 0 Å². The Bertz CT molecular complexity index is 627. The summed E-state index contributed by atoms with van der Waals surface area (Å²) < 4.78 is 5.12. The molecule has 0 aromatic heterocycles. The van der Waals surface area contributed by atoms with E-state index < -0.39 is 4.92 Å². The normalized spacial score (nSPS) is 10.4. The van der Waals surface area contributed by atoms with Crippen molar-refractivity contribution in [3.05, 3.63) is 64.2 Å². The number of hydrazone groups is 1. The van der Waals surface area contributed by atoms with Gasteiger partial charge in [-0.3, -0.25) is 15.5 Å². The van der Waals surface area contributed by atoms with Gasteiger partial charge in [0.2, 0.25) is 0 Å². The van der Waals surface area contributed by atoms with E-state index in [0.717, 1.165) is 5.69 Å². The Kier molecular flexibility index (Phi) is 4.28. The van der Waals surface area contributed by atoms with Crippen molar-refractivity contribution in [3.8, 4) is 5.75 Å². The second-order valence-electron chi connectivity index (χ2n) is 3.92. The van der Waals surface area contributed by atoms with Gasteiger partial charge in [-0.15, -0.1) is 0 Å². The Morgan fingerprint density at radius 2 is 2.00 bits per heavy atom. The first-order chi connectivity index (χ1) is 9.70. The highest BCUT2D eigenvalue weighted by Gasteiger charge is 2.09. The Morgan fingerprint density at radius 1 is 1.25 bits per heavy atom. The third-order valence-electron chi connectivity index (χ3n) is 2.60. The lowest BCUT2D eigenvalue weighted by atomic mass is 10.2. The zero-order valence-corrected chi connectivity index (χ0v) is 10.8. The molecule has 102 valence electrons. The Balaban J connectivity index is 2.14. The number of anilines is 1. The van der Waals surface area contributed by atoms with E-state index in [1.54, 1.807) is 12.3 Å². The summed E-state index contributed by atoms with van der Waals surface area (Å²) in [5, 5.41) is 14.8. The van der Waals surface area contributed by atoms with E-state index in [2.05, 4.69) is 10.5 Å². The molecule has 6 nitrogen and oxygen atoms in total. The molecule has 2 aromatic rings. The molecule has 6 heteroatoms. The molecule has 0 aliphatic heterocycles. The lowest BCUT2D eigenvalue weighted by molar-refractivity contribution is -0.384. The van der Waals surface area contributed by atoms with Crippen LogP contribution in [0.1, 0.15) is 5.56 Å². The average molecular weight is 271 g/mol. The second kappa shape index (κ2) is 6.33. The van der Waals surface area contributed by atoms with Gasteiger partial charge < -0.3 is 4.74 Å². The number of nitro benzene ring substituents is 1. The van der Waals surface area contributed by atoms with E-state index in [-0.39, 0.29) is 5.69 Å². The van der Waals surface area contributed by atoms with Crippen LogP contribution in [0, 0.1) is 10.1 Å². The first kappa shape index (κ1) is 13.5. The van der Waals surface area contributed by atoms with E-state index >= 15 is 0 Å². The number of nitrogens with zero attached hydrogens (tertiary/aromatic N) is 2. The molecule has 0 amide bonds. The standard InChI is InChI=1S/C14H13N3O3/c1-20-14-9-13(17(18)19)8-7-11(14)10-15-16-12-5-3-2-4-6-12/h2-10,16H,1H3. The highest BCUT2D eigenvalue weighted by atomic mass is 16.6. The van der Waals surface area contributed by atoms with Crippen molar-refractivity contribution in [2.75, 3.05) is 12.5 Å². The second-order valence-corrected chi connectivity index (χ2v) is 3.92. The van der Waals surface area contributed by atoms with Gasteiger partial charge in [0.15, 0.2) is 0 Å². The SMILES string of the molecule is COc1cc([N+](=O)[O-])ccc1C=NNc1ccccc1. The smallest absolute Gasteiger partial charge is 0.273 e. The summed E-state index contributed by atoms with van der Waals surface area (Å²) in [5.74, 6) is 0.401. The molecule has 0 aliphatic rings. The molecule has 0 unspecified atom stereocenters. The van der Waals surface area contributed by atoms with Crippen LogP contribution in [0.15, 0.2) is 53.6 Å². The minimum atomic E-state index is -0.467. The molecule has 0 atom stereocenters. The molecule has 0 bridgehead atoms. The summed E-state index contributed by atoms with van der Waals surface area (Å²) >= 11 is 0. The molecule has 2 aromatic carbocycles. The molecule has 0 spiro atoms. The van der Waals surface area contributed by atoms with Crippen LogP contribution in [-0.4, -0.2) is 18.2 Å². The number of nitro groups is 1. The number of rotatable bonds is 5. The van der Waals surface area contributed by atoms with Crippen LogP contribution in [0.3, 0.4) is 0 Å². The quantitative estimate of drug-likeness (QED) is 0.515. The van der Waals surface area contributed by atoms with E-state index in [1.807, 2.05) is 30.3 Å². The maximum atomic E-state index is 10.7. The summed E-state index contributed by atoms with van der Waals surface area (Å²) in [6, 6.07) is 13.8. The molecule has 0 heterocycles. The number of hydrogen-bond acceptors (Lipinski definition) is 5. The minimum absolute atomic E-state index is 0.0185. The molecule has 2 rings (SSSR count). The summed E-state index contributed by atoms with van der Waals surface area (Å²) in [6.45, 7) is 0. The first-order valence-electron chi connectivity index (χ1n) is 5.87.